The van der Waals surface area contributed by atoms with Crippen molar-refractivity contribution in [3.8, 4) is 5.75 Å². The van der Waals surface area contributed by atoms with E-state index >= 15 is 0 Å². The smallest absolute Gasteiger partial charge is 0.333 e. The largest absolute Gasteiger partial charge is 0.493 e. The third-order valence-electron chi connectivity index (χ3n) is 4.29. The van der Waals surface area contributed by atoms with Gasteiger partial charge < -0.3 is 9.47 Å². The highest BCUT2D eigenvalue weighted by Gasteiger charge is 2.41. The molecule has 0 N–H and O–H groups in total. The SMILES string of the molecule is CCCOc1ccccc1/C=C1/SC(=S)N(C(C(=O)OC)c2ccccc2)C1=O. The first-order valence-electron chi connectivity index (χ1n) is 9.18. The van der Waals surface area contributed by atoms with Crippen molar-refractivity contribution in [1.29, 1.82) is 0 Å². The van der Waals surface area contributed by atoms with Crippen LogP contribution in [0.3, 0.4) is 0 Å². The zero-order valence-corrected chi connectivity index (χ0v) is 17.8. The Morgan fingerprint density at radius 3 is 2.55 bits per heavy atom. The molecule has 1 atom stereocenters. The van der Waals surface area contributed by atoms with Gasteiger partial charge in [-0.25, -0.2) is 4.79 Å². The van der Waals surface area contributed by atoms with E-state index in [0.717, 1.165) is 12.0 Å². The number of methoxy groups -OCH3 is 1. The maximum atomic E-state index is 13.2. The second-order valence-corrected chi connectivity index (χ2v) is 7.95. The normalized spacial score (nSPS) is 16.2. The van der Waals surface area contributed by atoms with Crippen molar-refractivity contribution in [2.24, 2.45) is 0 Å². The lowest BCUT2D eigenvalue weighted by Crippen LogP contribution is -2.37. The summed E-state index contributed by atoms with van der Waals surface area (Å²) in [5.41, 5.74) is 1.43. The molecule has 0 radical (unpaired) electrons. The van der Waals surface area contributed by atoms with Crippen LogP contribution < -0.4 is 4.74 Å². The topological polar surface area (TPSA) is 55.8 Å². The highest BCUT2D eigenvalue weighted by molar-refractivity contribution is 8.26. The first-order chi connectivity index (χ1) is 14.1. The van der Waals surface area contributed by atoms with E-state index in [0.29, 0.717) is 27.1 Å². The van der Waals surface area contributed by atoms with Crippen LogP contribution in [0.25, 0.3) is 6.08 Å². The molecule has 2 aromatic carbocycles. The van der Waals surface area contributed by atoms with E-state index in [9.17, 15) is 9.59 Å². The Bertz CT molecular complexity index is 943. The molecule has 1 heterocycles. The summed E-state index contributed by atoms with van der Waals surface area (Å²) in [4.78, 5) is 27.4. The fourth-order valence-electron chi connectivity index (χ4n) is 2.92. The van der Waals surface area contributed by atoms with Crippen LogP contribution in [-0.2, 0) is 14.3 Å². The maximum Gasteiger partial charge on any atom is 0.333 e. The molecule has 2 aromatic rings. The predicted octanol–water partition coefficient (Wildman–Crippen LogP) is 4.59. The van der Waals surface area contributed by atoms with Gasteiger partial charge in [0.1, 0.15) is 10.1 Å². The van der Waals surface area contributed by atoms with E-state index in [4.69, 9.17) is 21.7 Å². The van der Waals surface area contributed by atoms with E-state index in [1.807, 2.05) is 37.3 Å². The summed E-state index contributed by atoms with van der Waals surface area (Å²) in [5.74, 6) is -0.169. The molecule has 0 bridgehead atoms. The molecule has 29 heavy (non-hydrogen) atoms. The highest BCUT2D eigenvalue weighted by atomic mass is 32.2. The van der Waals surface area contributed by atoms with Crippen LogP contribution in [0.1, 0.15) is 30.5 Å². The molecular weight excluding hydrogens is 406 g/mol. The van der Waals surface area contributed by atoms with Gasteiger partial charge in [0.15, 0.2) is 6.04 Å². The minimum Gasteiger partial charge on any atom is -0.493 e. The average molecular weight is 428 g/mol. The Labute approximate surface area is 179 Å². The third-order valence-corrected chi connectivity index (χ3v) is 5.62. The number of ether oxygens (including phenoxy) is 2. The van der Waals surface area contributed by atoms with Gasteiger partial charge in [0.25, 0.3) is 5.91 Å². The van der Waals surface area contributed by atoms with Gasteiger partial charge in [0, 0.05) is 5.56 Å². The molecule has 1 aliphatic rings. The van der Waals surface area contributed by atoms with Crippen LogP contribution in [0.4, 0.5) is 0 Å². The standard InChI is InChI=1S/C22H21NO4S2/c1-3-13-27-17-12-8-7-11-16(17)14-18-20(24)23(22(28)29-18)19(21(25)26-2)15-9-5-4-6-10-15/h4-12,14,19H,3,13H2,1-2H3/b18-14+. The van der Waals surface area contributed by atoms with Crippen LogP contribution in [0.15, 0.2) is 59.5 Å². The van der Waals surface area contributed by atoms with Crippen molar-refractivity contribution in [2.75, 3.05) is 13.7 Å². The summed E-state index contributed by atoms with van der Waals surface area (Å²) in [6.07, 6.45) is 2.64. The van der Waals surface area contributed by atoms with Crippen LogP contribution >= 0.6 is 24.0 Å². The molecule has 1 fully saturated rings. The minimum absolute atomic E-state index is 0.312. The van der Waals surface area contributed by atoms with E-state index in [-0.39, 0.29) is 5.91 Å². The molecule has 0 saturated carbocycles. The number of rotatable bonds is 7. The van der Waals surface area contributed by atoms with Gasteiger partial charge in [0.05, 0.1) is 18.6 Å². The second-order valence-electron chi connectivity index (χ2n) is 6.27. The fourth-order valence-corrected chi connectivity index (χ4v) is 4.23. The van der Waals surface area contributed by atoms with E-state index in [1.54, 1.807) is 30.3 Å². The Morgan fingerprint density at radius 2 is 1.86 bits per heavy atom. The number of hydrogen-bond donors (Lipinski definition) is 0. The molecule has 1 amide bonds. The van der Waals surface area contributed by atoms with Crippen LogP contribution in [0, 0.1) is 0 Å². The molecule has 3 rings (SSSR count). The molecule has 0 spiro atoms. The molecule has 7 heteroatoms. The number of thiocarbonyl (C=S) groups is 1. The predicted molar refractivity (Wildman–Crippen MR) is 118 cm³/mol. The zero-order chi connectivity index (χ0) is 20.8. The molecule has 1 saturated heterocycles. The average Bonchev–Trinajstić information content (AvgIpc) is 3.01. The summed E-state index contributed by atoms with van der Waals surface area (Å²) < 4.78 is 11.0. The Balaban J connectivity index is 1.95. The van der Waals surface area contributed by atoms with Crippen molar-refractivity contribution >= 4 is 46.3 Å². The maximum absolute atomic E-state index is 13.2. The fraction of sp³-hybridized carbons (Fsp3) is 0.227. The van der Waals surface area contributed by atoms with Gasteiger partial charge >= 0.3 is 5.97 Å². The number of amides is 1. The van der Waals surface area contributed by atoms with E-state index in [1.165, 1.54) is 23.8 Å². The monoisotopic (exact) mass is 427 g/mol. The van der Waals surface area contributed by atoms with Gasteiger partial charge in [-0.1, -0.05) is 79.4 Å². The van der Waals surface area contributed by atoms with Gasteiger partial charge in [-0.15, -0.1) is 0 Å². The van der Waals surface area contributed by atoms with Gasteiger partial charge in [-0.3, -0.25) is 9.69 Å². The van der Waals surface area contributed by atoms with Crippen molar-refractivity contribution in [3.63, 3.8) is 0 Å². The Hall–Kier alpha value is -2.64. The lowest BCUT2D eigenvalue weighted by molar-refractivity contribution is -0.148. The lowest BCUT2D eigenvalue weighted by atomic mass is 10.1. The molecule has 150 valence electrons. The molecule has 1 aliphatic heterocycles. The Kier molecular flexibility index (Phi) is 7.06. The number of nitrogens with zero attached hydrogens (tertiary/aromatic N) is 1. The number of para-hydroxylation sites is 1. The van der Waals surface area contributed by atoms with Gasteiger partial charge in [-0.2, -0.15) is 0 Å². The lowest BCUT2D eigenvalue weighted by Gasteiger charge is -2.24. The van der Waals surface area contributed by atoms with Gasteiger partial charge in [-0.05, 0) is 24.1 Å². The van der Waals surface area contributed by atoms with E-state index in [2.05, 4.69) is 0 Å². The van der Waals surface area contributed by atoms with Crippen molar-refractivity contribution in [3.05, 3.63) is 70.6 Å². The van der Waals surface area contributed by atoms with Crippen molar-refractivity contribution < 1.29 is 19.1 Å². The van der Waals surface area contributed by atoms with Crippen LogP contribution in [-0.4, -0.2) is 34.8 Å². The van der Waals surface area contributed by atoms with Gasteiger partial charge in [0.2, 0.25) is 0 Å². The number of thioether (sulfide) groups is 1. The van der Waals surface area contributed by atoms with Crippen LogP contribution in [0.5, 0.6) is 5.75 Å². The summed E-state index contributed by atoms with van der Waals surface area (Å²) in [6, 6.07) is 15.6. The molecule has 0 aromatic heterocycles. The second kappa shape index (κ2) is 9.71. The third kappa shape index (κ3) is 4.68. The highest BCUT2D eigenvalue weighted by Crippen LogP contribution is 2.39. The van der Waals surface area contributed by atoms with Crippen molar-refractivity contribution in [1.82, 2.24) is 4.90 Å². The molecule has 5 nitrogen and oxygen atoms in total. The first-order valence-corrected chi connectivity index (χ1v) is 10.4. The summed E-state index contributed by atoms with van der Waals surface area (Å²) in [7, 11) is 1.30. The number of esters is 1. The molecular formula is C22H21NO4S2. The minimum atomic E-state index is -0.925. The zero-order valence-electron chi connectivity index (χ0n) is 16.2. The summed E-state index contributed by atoms with van der Waals surface area (Å²) in [5, 5.41) is 0. The first kappa shape index (κ1) is 21.1. The number of carbonyl (C=O) groups excluding carboxylic acids is 2. The van der Waals surface area contributed by atoms with E-state index < -0.39 is 12.0 Å². The number of carbonyl (C=O) groups is 2. The summed E-state index contributed by atoms with van der Waals surface area (Å²) >= 11 is 6.61. The number of hydrogen-bond acceptors (Lipinski definition) is 6. The van der Waals surface area contributed by atoms with Crippen LogP contribution in [0.2, 0.25) is 0 Å². The molecule has 0 aliphatic carbocycles. The molecule has 1 unspecified atom stereocenters. The Morgan fingerprint density at radius 1 is 1.17 bits per heavy atom. The summed E-state index contributed by atoms with van der Waals surface area (Å²) in [6.45, 7) is 2.62. The van der Waals surface area contributed by atoms with Crippen molar-refractivity contribution in [2.45, 2.75) is 19.4 Å². The number of benzene rings is 2. The quantitative estimate of drug-likeness (QED) is 0.366.